The third kappa shape index (κ3) is 6.18. The van der Waals surface area contributed by atoms with Gasteiger partial charge in [-0.1, -0.05) is 63.1 Å². The first-order valence-electron chi connectivity index (χ1n) is 9.31. The Hall–Kier alpha value is -1.84. The molecule has 0 amide bonds. The van der Waals surface area contributed by atoms with Gasteiger partial charge in [0.1, 0.15) is 5.75 Å². The van der Waals surface area contributed by atoms with Gasteiger partial charge in [0, 0.05) is 26.2 Å². The lowest BCUT2D eigenvalue weighted by atomic mass is 10.0. The van der Waals surface area contributed by atoms with Crippen LogP contribution in [0, 0.1) is 5.92 Å². The van der Waals surface area contributed by atoms with Crippen molar-refractivity contribution < 1.29 is 4.74 Å². The van der Waals surface area contributed by atoms with Gasteiger partial charge in [-0.2, -0.15) is 0 Å². The molecule has 3 nitrogen and oxygen atoms in total. The molecule has 3 heteroatoms. The zero-order valence-corrected chi connectivity index (χ0v) is 15.9. The Kier molecular flexibility index (Phi) is 7.96. The number of hydrogen-bond acceptors (Lipinski definition) is 3. The van der Waals surface area contributed by atoms with Crippen molar-refractivity contribution in [2.45, 2.75) is 46.3 Å². The van der Waals surface area contributed by atoms with Crippen molar-refractivity contribution in [1.82, 2.24) is 4.90 Å². The highest BCUT2D eigenvalue weighted by Gasteiger charge is 2.13. The average molecular weight is 341 g/mol. The molecule has 25 heavy (non-hydrogen) atoms. The lowest BCUT2D eigenvalue weighted by Gasteiger charge is -2.27. The van der Waals surface area contributed by atoms with Crippen LogP contribution >= 0.6 is 0 Å². The molecule has 0 spiro atoms. The molecule has 0 saturated heterocycles. The summed E-state index contributed by atoms with van der Waals surface area (Å²) in [6.07, 6.45) is 2.44. The zero-order chi connectivity index (χ0) is 18.1. The molecule has 0 aliphatic rings. The Morgan fingerprint density at radius 2 is 1.56 bits per heavy atom. The summed E-state index contributed by atoms with van der Waals surface area (Å²) in [5.41, 5.74) is 9.53. The number of nitrogens with zero attached hydrogens (tertiary/aromatic N) is 1. The normalized spacial score (nSPS) is 11.3. The Bertz CT molecular complexity index is 620. The number of hydrogen-bond donors (Lipinski definition) is 1. The van der Waals surface area contributed by atoms with E-state index in [9.17, 15) is 0 Å². The van der Waals surface area contributed by atoms with Gasteiger partial charge >= 0.3 is 0 Å². The monoisotopic (exact) mass is 340 g/mol. The Balaban J connectivity index is 2.12. The van der Waals surface area contributed by atoms with Gasteiger partial charge in [0.15, 0.2) is 0 Å². The van der Waals surface area contributed by atoms with E-state index in [0.717, 1.165) is 31.3 Å². The quantitative estimate of drug-likeness (QED) is 0.687. The predicted molar refractivity (Wildman–Crippen MR) is 106 cm³/mol. The maximum atomic E-state index is 5.71. The van der Waals surface area contributed by atoms with E-state index in [1.165, 1.54) is 29.5 Å². The maximum Gasteiger partial charge on any atom is 0.119 e. The molecule has 0 saturated carbocycles. The summed E-state index contributed by atoms with van der Waals surface area (Å²) in [6, 6.07) is 17.1. The molecule has 0 atom stereocenters. The molecule has 0 aromatic heterocycles. The van der Waals surface area contributed by atoms with Crippen molar-refractivity contribution in [3.05, 3.63) is 65.2 Å². The van der Waals surface area contributed by atoms with E-state index in [0.29, 0.717) is 6.54 Å². The molecule has 0 heterocycles. The molecule has 2 aromatic rings. The van der Waals surface area contributed by atoms with Gasteiger partial charge in [0.25, 0.3) is 0 Å². The van der Waals surface area contributed by atoms with Crippen molar-refractivity contribution >= 4 is 0 Å². The number of rotatable bonds is 10. The minimum atomic E-state index is 0.599. The van der Waals surface area contributed by atoms with E-state index in [1.807, 2.05) is 6.07 Å². The van der Waals surface area contributed by atoms with Gasteiger partial charge in [-0.05, 0) is 34.7 Å². The molecule has 2 N–H and O–H groups in total. The summed E-state index contributed by atoms with van der Waals surface area (Å²) in [5.74, 6) is 1.65. The number of benzene rings is 2. The van der Waals surface area contributed by atoms with Crippen LogP contribution in [0.25, 0.3) is 0 Å². The smallest absolute Gasteiger partial charge is 0.119 e. The van der Waals surface area contributed by atoms with Crippen LogP contribution in [0.15, 0.2) is 48.5 Å². The molecule has 0 aliphatic carbocycles. The second kappa shape index (κ2) is 10.2. The minimum absolute atomic E-state index is 0.599. The first-order chi connectivity index (χ1) is 12.2. The number of nitrogens with two attached hydrogens (primary N) is 1. The Labute approximate surface area is 152 Å². The van der Waals surface area contributed by atoms with Crippen LogP contribution in [-0.2, 0) is 19.6 Å². The van der Waals surface area contributed by atoms with Gasteiger partial charge in [-0.15, -0.1) is 0 Å². The topological polar surface area (TPSA) is 38.5 Å². The zero-order valence-electron chi connectivity index (χ0n) is 15.9. The van der Waals surface area contributed by atoms with E-state index >= 15 is 0 Å². The molecular formula is C22H32N2O. The first-order valence-corrected chi connectivity index (χ1v) is 9.31. The van der Waals surface area contributed by atoms with Gasteiger partial charge in [-0.25, -0.2) is 0 Å². The summed E-state index contributed by atoms with van der Waals surface area (Å²) in [6.45, 7) is 8.18. The predicted octanol–water partition coefficient (Wildman–Crippen LogP) is 4.59. The van der Waals surface area contributed by atoms with Crippen molar-refractivity contribution in [2.24, 2.45) is 11.7 Å². The van der Waals surface area contributed by atoms with Crippen molar-refractivity contribution in [3.63, 3.8) is 0 Å². The van der Waals surface area contributed by atoms with Crippen LogP contribution in [0.4, 0.5) is 0 Å². The molecule has 0 radical (unpaired) electrons. The van der Waals surface area contributed by atoms with Gasteiger partial charge in [0.05, 0.1) is 7.11 Å². The fourth-order valence-electron chi connectivity index (χ4n) is 3.16. The largest absolute Gasteiger partial charge is 0.497 e. The minimum Gasteiger partial charge on any atom is -0.497 e. The van der Waals surface area contributed by atoms with E-state index in [4.69, 9.17) is 10.5 Å². The van der Waals surface area contributed by atoms with Crippen molar-refractivity contribution in [2.75, 3.05) is 13.7 Å². The molecule has 2 rings (SSSR count). The summed E-state index contributed by atoms with van der Waals surface area (Å²) in [4.78, 5) is 2.55. The highest BCUT2D eigenvalue weighted by molar-refractivity contribution is 5.28. The molecule has 136 valence electrons. The van der Waals surface area contributed by atoms with Crippen LogP contribution in [0.1, 0.15) is 43.4 Å². The third-order valence-corrected chi connectivity index (χ3v) is 4.88. The van der Waals surface area contributed by atoms with Gasteiger partial charge in [-0.3, -0.25) is 4.90 Å². The fourth-order valence-corrected chi connectivity index (χ4v) is 3.16. The SMILES string of the molecule is CCC(CC)CN(Cc1ccc(CN)cc1)Cc1cccc(OC)c1. The van der Waals surface area contributed by atoms with Crippen LogP contribution in [0.2, 0.25) is 0 Å². The highest BCUT2D eigenvalue weighted by atomic mass is 16.5. The highest BCUT2D eigenvalue weighted by Crippen LogP contribution is 2.19. The van der Waals surface area contributed by atoms with Gasteiger partial charge in [0.2, 0.25) is 0 Å². The number of methoxy groups -OCH3 is 1. The van der Waals surface area contributed by atoms with Crippen LogP contribution in [0.5, 0.6) is 5.75 Å². The molecule has 0 unspecified atom stereocenters. The Morgan fingerprint density at radius 3 is 2.16 bits per heavy atom. The van der Waals surface area contributed by atoms with Crippen LogP contribution in [-0.4, -0.2) is 18.6 Å². The molecular weight excluding hydrogens is 308 g/mol. The lowest BCUT2D eigenvalue weighted by molar-refractivity contribution is 0.207. The van der Waals surface area contributed by atoms with E-state index in [-0.39, 0.29) is 0 Å². The summed E-state index contributed by atoms with van der Waals surface area (Å²) in [5, 5.41) is 0. The average Bonchev–Trinajstić information content (AvgIpc) is 2.66. The van der Waals surface area contributed by atoms with Crippen LogP contribution < -0.4 is 10.5 Å². The van der Waals surface area contributed by atoms with Crippen molar-refractivity contribution in [1.29, 1.82) is 0 Å². The van der Waals surface area contributed by atoms with Crippen molar-refractivity contribution in [3.8, 4) is 5.75 Å². The summed E-state index contributed by atoms with van der Waals surface area (Å²) < 4.78 is 5.37. The van der Waals surface area contributed by atoms with E-state index in [2.05, 4.69) is 61.2 Å². The number of ether oxygens (including phenoxy) is 1. The molecule has 0 fully saturated rings. The van der Waals surface area contributed by atoms with E-state index < -0.39 is 0 Å². The fraction of sp³-hybridized carbons (Fsp3) is 0.455. The third-order valence-electron chi connectivity index (χ3n) is 4.88. The first kappa shape index (κ1) is 19.5. The standard InChI is InChI=1S/C22H32N2O/c1-4-18(5-2)15-24(16-20-11-9-19(14-23)10-12-20)17-21-7-6-8-22(13-21)25-3/h6-13,18H,4-5,14-17,23H2,1-3H3. The molecule has 0 aliphatic heterocycles. The lowest BCUT2D eigenvalue weighted by Crippen LogP contribution is -2.28. The van der Waals surface area contributed by atoms with Gasteiger partial charge < -0.3 is 10.5 Å². The molecule has 2 aromatic carbocycles. The second-order valence-corrected chi connectivity index (χ2v) is 6.72. The second-order valence-electron chi connectivity index (χ2n) is 6.72. The molecule has 0 bridgehead atoms. The summed E-state index contributed by atoms with van der Waals surface area (Å²) >= 11 is 0. The maximum absolute atomic E-state index is 5.71. The van der Waals surface area contributed by atoms with Crippen LogP contribution in [0.3, 0.4) is 0 Å². The Morgan fingerprint density at radius 1 is 0.920 bits per heavy atom. The van der Waals surface area contributed by atoms with E-state index in [1.54, 1.807) is 7.11 Å². The summed E-state index contributed by atoms with van der Waals surface area (Å²) in [7, 11) is 1.72.